The van der Waals surface area contributed by atoms with Crippen LogP contribution in [-0.4, -0.2) is 29.3 Å². The molecule has 0 bridgehead atoms. The number of ether oxygens (including phenoxy) is 1. The molecule has 15 heavy (non-hydrogen) atoms. The van der Waals surface area contributed by atoms with Crippen molar-refractivity contribution in [2.75, 3.05) is 7.11 Å². The van der Waals surface area contributed by atoms with E-state index in [0.29, 0.717) is 0 Å². The van der Waals surface area contributed by atoms with Gasteiger partial charge in [0.15, 0.2) is 5.69 Å². The fourth-order valence-electron chi connectivity index (χ4n) is 0.845. The van der Waals surface area contributed by atoms with E-state index >= 15 is 0 Å². The predicted octanol–water partition coefficient (Wildman–Crippen LogP) is 0.264. The van der Waals surface area contributed by atoms with Crippen LogP contribution in [0.15, 0.2) is 10.7 Å². The molecule has 3 N–H and O–H groups in total. The Hall–Kier alpha value is -1.11. The lowest BCUT2D eigenvalue weighted by molar-refractivity contribution is 0.0593. The van der Waals surface area contributed by atoms with Crippen LogP contribution in [-0.2, 0) is 4.74 Å². The molecule has 0 aliphatic heterocycles. The van der Waals surface area contributed by atoms with Gasteiger partial charge in [0, 0.05) is 0 Å². The van der Waals surface area contributed by atoms with Gasteiger partial charge in [0.1, 0.15) is 12.3 Å². The molecular formula is C8H13ClN2O4. The van der Waals surface area contributed by atoms with Crippen molar-refractivity contribution in [2.24, 2.45) is 5.73 Å². The standard InChI is InChI=1S/C8H12N2O4.ClH/c1-4(11)6(9)7-10-5(3-14-7)8(12)13-2;/h3-4,6,11H,9H2,1-2H3;1H/t4-,6+;/m1./s1. The topological polar surface area (TPSA) is 98.6 Å². The zero-order chi connectivity index (χ0) is 10.7. The summed E-state index contributed by atoms with van der Waals surface area (Å²) in [5, 5.41) is 9.14. The number of halogens is 1. The van der Waals surface area contributed by atoms with Crippen molar-refractivity contribution in [2.45, 2.75) is 19.1 Å². The number of nitrogens with two attached hydrogens (primary N) is 1. The van der Waals surface area contributed by atoms with Gasteiger partial charge in [-0.1, -0.05) is 0 Å². The maximum absolute atomic E-state index is 11.0. The minimum Gasteiger partial charge on any atom is -0.464 e. The first-order valence-electron chi connectivity index (χ1n) is 4.03. The molecule has 2 atom stereocenters. The fraction of sp³-hybridized carbons (Fsp3) is 0.500. The monoisotopic (exact) mass is 236 g/mol. The first-order chi connectivity index (χ1) is 6.56. The number of aliphatic hydroxyl groups is 1. The van der Waals surface area contributed by atoms with Crippen LogP contribution >= 0.6 is 12.4 Å². The molecule has 1 heterocycles. The Labute approximate surface area is 92.8 Å². The summed E-state index contributed by atoms with van der Waals surface area (Å²) in [7, 11) is 1.24. The number of carbonyl (C=O) groups excluding carboxylic acids is 1. The molecule has 1 aromatic heterocycles. The van der Waals surface area contributed by atoms with Crippen LogP contribution in [0.4, 0.5) is 0 Å². The van der Waals surface area contributed by atoms with Crippen molar-refractivity contribution in [3.05, 3.63) is 17.8 Å². The van der Waals surface area contributed by atoms with Gasteiger partial charge >= 0.3 is 5.97 Å². The van der Waals surface area contributed by atoms with E-state index in [9.17, 15) is 4.79 Å². The molecule has 0 saturated carbocycles. The fourth-order valence-corrected chi connectivity index (χ4v) is 0.845. The third kappa shape index (κ3) is 3.19. The molecule has 1 rings (SSSR count). The Balaban J connectivity index is 0.00000196. The molecule has 86 valence electrons. The van der Waals surface area contributed by atoms with Crippen molar-refractivity contribution in [1.82, 2.24) is 4.98 Å². The molecule has 1 aromatic rings. The summed E-state index contributed by atoms with van der Waals surface area (Å²) in [4.78, 5) is 14.7. The molecule has 0 aliphatic rings. The van der Waals surface area contributed by atoms with Crippen molar-refractivity contribution >= 4 is 18.4 Å². The number of carbonyl (C=O) groups is 1. The highest BCUT2D eigenvalue weighted by molar-refractivity contribution is 5.86. The Morgan fingerprint density at radius 3 is 2.80 bits per heavy atom. The van der Waals surface area contributed by atoms with Crippen LogP contribution < -0.4 is 5.73 Å². The summed E-state index contributed by atoms with van der Waals surface area (Å²) in [6.45, 7) is 1.51. The Kier molecular flexibility index (Phi) is 5.27. The van der Waals surface area contributed by atoms with Crippen LogP contribution in [0.1, 0.15) is 29.3 Å². The van der Waals surface area contributed by atoms with Gasteiger partial charge in [-0.2, -0.15) is 0 Å². The van der Waals surface area contributed by atoms with Gasteiger partial charge in [-0.25, -0.2) is 9.78 Å². The van der Waals surface area contributed by atoms with Crippen LogP contribution in [0.5, 0.6) is 0 Å². The van der Waals surface area contributed by atoms with E-state index in [4.69, 9.17) is 15.3 Å². The number of aliphatic hydroxyl groups excluding tert-OH is 1. The second kappa shape index (κ2) is 5.69. The highest BCUT2D eigenvalue weighted by Gasteiger charge is 2.20. The first-order valence-corrected chi connectivity index (χ1v) is 4.03. The van der Waals surface area contributed by atoms with Gasteiger partial charge in [0.05, 0.1) is 13.2 Å². The van der Waals surface area contributed by atoms with E-state index in [1.54, 1.807) is 0 Å². The largest absolute Gasteiger partial charge is 0.464 e. The molecule has 6 nitrogen and oxygen atoms in total. The zero-order valence-electron chi connectivity index (χ0n) is 8.34. The third-order valence-corrected chi connectivity index (χ3v) is 1.72. The lowest BCUT2D eigenvalue weighted by atomic mass is 10.2. The quantitative estimate of drug-likeness (QED) is 0.731. The van der Waals surface area contributed by atoms with Gasteiger partial charge < -0.3 is 20.0 Å². The molecule has 0 unspecified atom stereocenters. The van der Waals surface area contributed by atoms with Crippen LogP contribution in [0.3, 0.4) is 0 Å². The van der Waals surface area contributed by atoms with E-state index in [-0.39, 0.29) is 24.0 Å². The summed E-state index contributed by atoms with van der Waals surface area (Å²) >= 11 is 0. The van der Waals surface area contributed by atoms with Crippen LogP contribution in [0.25, 0.3) is 0 Å². The van der Waals surface area contributed by atoms with Crippen molar-refractivity contribution in [3.63, 3.8) is 0 Å². The van der Waals surface area contributed by atoms with Crippen molar-refractivity contribution in [1.29, 1.82) is 0 Å². The van der Waals surface area contributed by atoms with E-state index in [1.165, 1.54) is 14.0 Å². The molecule has 0 amide bonds. The van der Waals surface area contributed by atoms with Crippen molar-refractivity contribution < 1.29 is 19.1 Å². The van der Waals surface area contributed by atoms with E-state index in [1.807, 2.05) is 0 Å². The lowest BCUT2D eigenvalue weighted by Gasteiger charge is -2.09. The first kappa shape index (κ1) is 13.9. The molecule has 0 aliphatic carbocycles. The van der Waals surface area contributed by atoms with Crippen LogP contribution in [0.2, 0.25) is 0 Å². The number of esters is 1. The van der Waals surface area contributed by atoms with Gasteiger partial charge in [-0.05, 0) is 6.92 Å². The summed E-state index contributed by atoms with van der Waals surface area (Å²) in [5.74, 6) is -0.488. The Morgan fingerprint density at radius 1 is 1.73 bits per heavy atom. The highest BCUT2D eigenvalue weighted by atomic mass is 35.5. The summed E-state index contributed by atoms with van der Waals surface area (Å²) in [5.41, 5.74) is 5.57. The number of rotatable bonds is 3. The maximum atomic E-state index is 11.0. The van der Waals surface area contributed by atoms with Crippen LogP contribution in [0, 0.1) is 0 Å². The molecule has 0 saturated heterocycles. The third-order valence-electron chi connectivity index (χ3n) is 1.72. The average Bonchev–Trinajstić information content (AvgIpc) is 2.64. The number of nitrogens with zero attached hydrogens (tertiary/aromatic N) is 1. The molecular weight excluding hydrogens is 224 g/mol. The van der Waals surface area contributed by atoms with E-state index in [2.05, 4.69) is 9.72 Å². The molecule has 0 fully saturated rings. The summed E-state index contributed by atoms with van der Waals surface area (Å²) < 4.78 is 9.34. The number of oxazole rings is 1. The van der Waals surface area contributed by atoms with Crippen molar-refractivity contribution in [3.8, 4) is 0 Å². The van der Waals surface area contributed by atoms with Gasteiger partial charge in [-0.15, -0.1) is 12.4 Å². The zero-order valence-corrected chi connectivity index (χ0v) is 9.15. The molecule has 0 spiro atoms. The Bertz CT molecular complexity index is 326. The second-order valence-corrected chi connectivity index (χ2v) is 2.83. The minimum absolute atomic E-state index is 0. The second-order valence-electron chi connectivity index (χ2n) is 2.83. The lowest BCUT2D eigenvalue weighted by Crippen LogP contribution is -2.23. The van der Waals surface area contributed by atoms with Gasteiger partial charge in [0.2, 0.25) is 5.89 Å². The summed E-state index contributed by atoms with van der Waals surface area (Å²) in [6, 6.07) is -0.742. The molecule has 0 aromatic carbocycles. The number of hydrogen-bond acceptors (Lipinski definition) is 6. The summed E-state index contributed by atoms with van der Waals surface area (Å²) in [6.07, 6.45) is 0.350. The molecule has 7 heteroatoms. The maximum Gasteiger partial charge on any atom is 0.360 e. The van der Waals surface area contributed by atoms with E-state index < -0.39 is 18.1 Å². The van der Waals surface area contributed by atoms with E-state index in [0.717, 1.165) is 6.26 Å². The number of methoxy groups -OCH3 is 1. The van der Waals surface area contributed by atoms with Gasteiger partial charge in [0.25, 0.3) is 0 Å². The molecule has 0 radical (unpaired) electrons. The smallest absolute Gasteiger partial charge is 0.360 e. The SMILES string of the molecule is COC(=O)c1coc([C@@H](N)[C@@H](C)O)n1.Cl. The minimum atomic E-state index is -0.792. The number of aromatic nitrogens is 1. The highest BCUT2D eigenvalue weighted by Crippen LogP contribution is 2.13. The normalized spacial score (nSPS) is 13.9. The number of hydrogen-bond donors (Lipinski definition) is 2. The Morgan fingerprint density at radius 2 is 2.33 bits per heavy atom. The predicted molar refractivity (Wildman–Crippen MR) is 53.7 cm³/mol. The average molecular weight is 237 g/mol. The van der Waals surface area contributed by atoms with Gasteiger partial charge in [-0.3, -0.25) is 0 Å².